The number of hydrogen-bond donors (Lipinski definition) is 11. The van der Waals surface area contributed by atoms with Crippen LogP contribution in [0.5, 0.6) is 0 Å². The number of carboxylic acid groups (broad SMARTS) is 5. The molecular formula is C34H53F3N6O16. The molecule has 336 valence electrons. The van der Waals surface area contributed by atoms with Gasteiger partial charge in [-0.15, -0.1) is 0 Å². The first-order valence-corrected chi connectivity index (χ1v) is 18.0. The molecule has 0 bridgehead atoms. The predicted octanol–water partition coefficient (Wildman–Crippen LogP) is -0.805. The molecule has 11 N–H and O–H groups in total. The Labute approximate surface area is 335 Å². The number of nitrogens with one attached hydrogen (secondary N) is 6. The van der Waals surface area contributed by atoms with E-state index in [4.69, 9.17) is 15.0 Å². The summed E-state index contributed by atoms with van der Waals surface area (Å²) in [5.74, 6) is -16.2. The molecule has 0 aromatic heterocycles. The smallest absolute Gasteiger partial charge is 0.481 e. The lowest BCUT2D eigenvalue weighted by molar-refractivity contribution is -0.192. The molecule has 0 aromatic carbocycles. The molecular weight excluding hydrogens is 805 g/mol. The molecule has 0 fully saturated rings. The Balaban J connectivity index is 0. The molecule has 0 aliphatic carbocycles. The van der Waals surface area contributed by atoms with Gasteiger partial charge in [0.25, 0.3) is 0 Å². The monoisotopic (exact) mass is 858 g/mol. The Hall–Kier alpha value is -6.04. The largest absolute Gasteiger partial charge is 0.490 e. The van der Waals surface area contributed by atoms with E-state index < -0.39 is 145 Å². The molecule has 0 unspecified atom stereocenters. The number of carboxylic acids is 5. The van der Waals surface area contributed by atoms with Crippen LogP contribution in [0.15, 0.2) is 0 Å². The minimum Gasteiger partial charge on any atom is -0.481 e. The molecule has 59 heavy (non-hydrogen) atoms. The summed E-state index contributed by atoms with van der Waals surface area (Å²) >= 11 is 0. The molecule has 0 saturated heterocycles. The first-order chi connectivity index (χ1) is 27.0. The zero-order valence-corrected chi connectivity index (χ0v) is 33.3. The lowest BCUT2D eigenvalue weighted by atomic mass is 9.96. The van der Waals surface area contributed by atoms with Crippen molar-refractivity contribution >= 4 is 65.3 Å². The summed E-state index contributed by atoms with van der Waals surface area (Å²) in [7, 11) is 0. The summed E-state index contributed by atoms with van der Waals surface area (Å²) in [5.41, 5.74) is 0. The minimum absolute atomic E-state index is 0.245. The lowest BCUT2D eigenvalue weighted by Crippen LogP contribution is -2.61. The van der Waals surface area contributed by atoms with Crippen LogP contribution in [0, 0.1) is 17.8 Å². The van der Waals surface area contributed by atoms with Crippen molar-refractivity contribution in [3.05, 3.63) is 0 Å². The molecule has 0 aliphatic heterocycles. The van der Waals surface area contributed by atoms with Crippen molar-refractivity contribution in [1.29, 1.82) is 0 Å². The van der Waals surface area contributed by atoms with E-state index >= 15 is 0 Å². The van der Waals surface area contributed by atoms with Gasteiger partial charge in [-0.1, -0.05) is 54.4 Å². The third kappa shape index (κ3) is 21.9. The maximum absolute atomic E-state index is 13.5. The van der Waals surface area contributed by atoms with Crippen LogP contribution in [0.3, 0.4) is 0 Å². The van der Waals surface area contributed by atoms with Gasteiger partial charge in [-0.05, 0) is 24.2 Å². The molecule has 0 radical (unpaired) electrons. The van der Waals surface area contributed by atoms with E-state index in [1.807, 2.05) is 5.32 Å². The molecule has 25 heteroatoms. The van der Waals surface area contributed by atoms with Gasteiger partial charge in [-0.2, -0.15) is 13.2 Å². The van der Waals surface area contributed by atoms with Crippen molar-refractivity contribution < 1.29 is 91.4 Å². The van der Waals surface area contributed by atoms with Gasteiger partial charge in [-0.3, -0.25) is 43.2 Å². The van der Waals surface area contributed by atoms with Crippen LogP contribution in [0.2, 0.25) is 0 Å². The first-order valence-electron chi connectivity index (χ1n) is 18.0. The number of aliphatic carboxylic acids is 5. The van der Waals surface area contributed by atoms with Gasteiger partial charge >= 0.3 is 36.0 Å². The predicted molar refractivity (Wildman–Crippen MR) is 194 cm³/mol. The normalized spacial score (nSPS) is 15.0. The van der Waals surface area contributed by atoms with Gasteiger partial charge in [0, 0.05) is 13.3 Å². The summed E-state index contributed by atoms with van der Waals surface area (Å²) in [5, 5.41) is 58.1. The van der Waals surface area contributed by atoms with E-state index in [2.05, 4.69) is 26.6 Å². The Morgan fingerprint density at radius 3 is 1.22 bits per heavy atom. The number of amides is 6. The molecule has 0 spiro atoms. The standard InChI is InChI=1S/C32H52N6O14.C2HF3O2/c1-8-15(5)25(33-17(7)39)30(49)34-18(10-11-21(40)41)27(46)37-24(14(3)4)29(48)35-19(12-22(42)43)28(47)38-26(16(6)9-2)31(50)36-20(32(51)52)13-23(44)45;3-2(4,5)1(6)7/h14-16,18-20,24-26H,8-13H2,1-7H3,(H,33,39)(H,34,49)(H,35,48)(H,36,50)(H,37,46)(H,38,47)(H,40,41)(H,42,43)(H,44,45)(H,51,52);(H,6,7)/t15-,16-,18-,19-,20-,24-,25-,26-;/m0./s1. The number of rotatable bonds is 24. The molecule has 22 nitrogen and oxygen atoms in total. The van der Waals surface area contributed by atoms with Gasteiger partial charge < -0.3 is 57.4 Å². The van der Waals surface area contributed by atoms with Crippen molar-refractivity contribution in [2.45, 2.75) is 129 Å². The summed E-state index contributed by atoms with van der Waals surface area (Å²) in [6, 6.07) is -9.22. The van der Waals surface area contributed by atoms with E-state index in [0.29, 0.717) is 6.42 Å². The van der Waals surface area contributed by atoms with Gasteiger partial charge in [0.05, 0.1) is 12.8 Å². The zero-order chi connectivity index (χ0) is 46.5. The number of carbonyl (C=O) groups is 11. The van der Waals surface area contributed by atoms with E-state index in [1.165, 1.54) is 27.7 Å². The van der Waals surface area contributed by atoms with E-state index in [-0.39, 0.29) is 12.3 Å². The molecule has 0 heterocycles. The number of alkyl halides is 3. The highest BCUT2D eigenvalue weighted by molar-refractivity contribution is 5.98. The average molecular weight is 859 g/mol. The fourth-order valence-corrected chi connectivity index (χ4v) is 4.75. The van der Waals surface area contributed by atoms with Gasteiger partial charge in [-0.25, -0.2) is 9.59 Å². The SMILES string of the molecule is CC[C@H](C)[C@H](NC(C)=O)C(=O)N[C@@H](CCC(=O)O)C(=O)N[C@H](C(=O)N[C@@H](CC(=O)O)C(=O)N[C@H](C(=O)N[C@@H](CC(=O)O)C(=O)O)[C@@H](C)CC)C(C)C.O=C(O)C(F)(F)F. The van der Waals surface area contributed by atoms with E-state index in [9.17, 15) is 76.4 Å². The van der Waals surface area contributed by atoms with Crippen molar-refractivity contribution in [1.82, 2.24) is 31.9 Å². The van der Waals surface area contributed by atoms with Crippen molar-refractivity contribution in [3.63, 3.8) is 0 Å². The number of carbonyl (C=O) groups excluding carboxylic acids is 6. The minimum atomic E-state index is -5.08. The second kappa shape index (κ2) is 26.1. The second-order valence-corrected chi connectivity index (χ2v) is 13.6. The van der Waals surface area contributed by atoms with Gasteiger partial charge in [0.15, 0.2) is 0 Å². The first kappa shape index (κ1) is 55.1. The number of hydrogen-bond acceptors (Lipinski definition) is 11. The topological polar surface area (TPSA) is 361 Å². The Morgan fingerprint density at radius 1 is 0.508 bits per heavy atom. The van der Waals surface area contributed by atoms with E-state index in [1.54, 1.807) is 20.8 Å². The highest BCUT2D eigenvalue weighted by atomic mass is 19.4. The van der Waals surface area contributed by atoms with Crippen molar-refractivity contribution in [3.8, 4) is 0 Å². The highest BCUT2D eigenvalue weighted by Gasteiger charge is 2.39. The van der Waals surface area contributed by atoms with Crippen molar-refractivity contribution in [2.75, 3.05) is 0 Å². The van der Waals surface area contributed by atoms with Crippen LogP contribution in [-0.2, 0) is 52.7 Å². The molecule has 8 atom stereocenters. The van der Waals surface area contributed by atoms with Gasteiger partial charge in [0.2, 0.25) is 35.4 Å². The maximum atomic E-state index is 13.5. The molecule has 6 amide bonds. The van der Waals surface area contributed by atoms with Crippen LogP contribution < -0.4 is 31.9 Å². The van der Waals surface area contributed by atoms with Crippen LogP contribution in [0.25, 0.3) is 0 Å². The number of halogens is 3. The zero-order valence-electron chi connectivity index (χ0n) is 33.3. The molecule has 0 rings (SSSR count). The Morgan fingerprint density at radius 2 is 0.864 bits per heavy atom. The van der Waals surface area contributed by atoms with E-state index in [0.717, 1.165) is 0 Å². The maximum Gasteiger partial charge on any atom is 0.490 e. The highest BCUT2D eigenvalue weighted by Crippen LogP contribution is 2.14. The fraction of sp³-hybridized carbons (Fsp3) is 0.676. The summed E-state index contributed by atoms with van der Waals surface area (Å²) in [6.45, 7) is 10.8. The Kier molecular flexibility index (Phi) is 24.3. The van der Waals surface area contributed by atoms with Crippen LogP contribution in [0.1, 0.15) is 87.0 Å². The fourth-order valence-electron chi connectivity index (χ4n) is 4.75. The Bertz CT molecular complexity index is 1540. The molecule has 0 aromatic rings. The average Bonchev–Trinajstić information content (AvgIpc) is 3.10. The third-order valence-corrected chi connectivity index (χ3v) is 8.42. The lowest BCUT2D eigenvalue weighted by Gasteiger charge is -2.29. The molecule has 0 saturated carbocycles. The second-order valence-electron chi connectivity index (χ2n) is 13.6. The van der Waals surface area contributed by atoms with Crippen LogP contribution in [0.4, 0.5) is 13.2 Å². The quantitative estimate of drug-likeness (QED) is 0.0566. The molecule has 0 aliphatic rings. The van der Waals surface area contributed by atoms with Crippen molar-refractivity contribution in [2.24, 2.45) is 17.8 Å². The van der Waals surface area contributed by atoms with Crippen LogP contribution >= 0.6 is 0 Å². The summed E-state index contributed by atoms with van der Waals surface area (Å²) < 4.78 is 31.7. The van der Waals surface area contributed by atoms with Crippen LogP contribution in [-0.4, -0.2) is 133 Å². The third-order valence-electron chi connectivity index (χ3n) is 8.42. The summed E-state index contributed by atoms with van der Waals surface area (Å²) in [4.78, 5) is 133. The summed E-state index contributed by atoms with van der Waals surface area (Å²) in [6.07, 6.45) is -7.34. The van der Waals surface area contributed by atoms with Gasteiger partial charge in [0.1, 0.15) is 36.3 Å².